The molecule has 0 N–H and O–H groups in total. The third-order valence-corrected chi connectivity index (χ3v) is 6.17. The quantitative estimate of drug-likeness (QED) is 0.261. The van der Waals surface area contributed by atoms with Gasteiger partial charge in [0.2, 0.25) is 0 Å². The molecule has 3 aromatic carbocycles. The van der Waals surface area contributed by atoms with Crippen molar-refractivity contribution in [1.29, 1.82) is 0 Å². The first kappa shape index (κ1) is 29.7. The predicted octanol–water partition coefficient (Wildman–Crippen LogP) is 8.66. The Hall–Kier alpha value is -3.32. The van der Waals surface area contributed by atoms with Crippen LogP contribution < -0.4 is 4.74 Å². The molecular weight excluding hydrogens is 562 g/mol. The Morgan fingerprint density at radius 3 is 1.98 bits per heavy atom. The maximum atomic E-state index is 14.8. The first-order valence-corrected chi connectivity index (χ1v) is 11.9. The average Bonchev–Trinajstić information content (AvgIpc) is 2.85. The molecule has 0 radical (unpaired) electrons. The molecule has 0 bridgehead atoms. The fraction of sp³-hybridized carbons (Fsp3) is 0.333. The SMILES string of the molecule is CCCC1COC(c2ccc(C(F)(F)Oc3ccc(-c4cc(F)c(C(F)(F)F)c(F)c4)c(F)c3)c(F)c2F)OC1. The molecule has 1 saturated heterocycles. The molecule has 3 aromatic rings. The van der Waals surface area contributed by atoms with E-state index in [0.29, 0.717) is 24.3 Å². The van der Waals surface area contributed by atoms with Crippen LogP contribution in [0.4, 0.5) is 43.9 Å². The van der Waals surface area contributed by atoms with Crippen molar-refractivity contribution in [1.82, 2.24) is 0 Å². The van der Waals surface area contributed by atoms with Gasteiger partial charge in [0.1, 0.15) is 34.3 Å². The van der Waals surface area contributed by atoms with Gasteiger partial charge in [-0.05, 0) is 42.3 Å². The van der Waals surface area contributed by atoms with Gasteiger partial charge in [0.15, 0.2) is 17.9 Å². The van der Waals surface area contributed by atoms with Gasteiger partial charge in [0, 0.05) is 23.1 Å². The Morgan fingerprint density at radius 1 is 0.800 bits per heavy atom. The lowest BCUT2D eigenvalue weighted by Crippen LogP contribution is -2.28. The number of rotatable bonds is 7. The third kappa shape index (κ3) is 6.04. The van der Waals surface area contributed by atoms with E-state index in [1.807, 2.05) is 6.92 Å². The number of benzene rings is 3. The summed E-state index contributed by atoms with van der Waals surface area (Å²) in [6.45, 7) is 2.36. The monoisotopic (exact) mass is 582 g/mol. The van der Waals surface area contributed by atoms with E-state index in [4.69, 9.17) is 9.47 Å². The molecule has 0 aromatic heterocycles. The Labute approximate surface area is 221 Å². The summed E-state index contributed by atoms with van der Waals surface area (Å²) in [7, 11) is 0. The fourth-order valence-electron chi connectivity index (χ4n) is 4.26. The molecule has 1 aliphatic heterocycles. The van der Waals surface area contributed by atoms with Gasteiger partial charge in [-0.25, -0.2) is 22.0 Å². The van der Waals surface area contributed by atoms with Crippen molar-refractivity contribution in [2.45, 2.75) is 38.3 Å². The van der Waals surface area contributed by atoms with Crippen molar-refractivity contribution in [3.63, 3.8) is 0 Å². The van der Waals surface area contributed by atoms with Crippen molar-refractivity contribution in [2.75, 3.05) is 13.2 Å². The molecule has 3 nitrogen and oxygen atoms in total. The van der Waals surface area contributed by atoms with Gasteiger partial charge in [0.05, 0.1) is 13.2 Å². The lowest BCUT2D eigenvalue weighted by molar-refractivity contribution is -0.207. The lowest BCUT2D eigenvalue weighted by atomic mass is 10.0. The van der Waals surface area contributed by atoms with E-state index in [1.165, 1.54) is 0 Å². The van der Waals surface area contributed by atoms with Crippen molar-refractivity contribution in [3.8, 4) is 16.9 Å². The summed E-state index contributed by atoms with van der Waals surface area (Å²) in [4.78, 5) is 0. The summed E-state index contributed by atoms with van der Waals surface area (Å²) in [5, 5.41) is 0. The molecule has 13 heteroatoms. The predicted molar refractivity (Wildman–Crippen MR) is 121 cm³/mol. The van der Waals surface area contributed by atoms with Crippen molar-refractivity contribution in [3.05, 3.63) is 88.2 Å². The molecule has 0 atom stereocenters. The highest BCUT2D eigenvalue weighted by molar-refractivity contribution is 5.66. The van der Waals surface area contributed by atoms with Crippen LogP contribution in [0, 0.1) is 35.0 Å². The normalized spacial score (nSPS) is 18.2. The summed E-state index contributed by atoms with van der Waals surface area (Å²) in [5.74, 6) is -9.90. The Balaban J connectivity index is 1.55. The maximum absolute atomic E-state index is 14.8. The standard InChI is InChI=1S/C27H20F10O3/c1-2-3-13-11-38-25(39-12-13)17-6-7-18(24(32)23(17)31)27(36,37)40-15-4-5-16(19(28)10-15)14-8-20(29)22(21(30)9-14)26(33,34)35/h4-10,13,25H,2-3,11-12H2,1H3. The van der Waals surface area contributed by atoms with Gasteiger partial charge in [0.25, 0.3) is 0 Å². The molecule has 1 aliphatic rings. The average molecular weight is 582 g/mol. The van der Waals surface area contributed by atoms with E-state index in [2.05, 4.69) is 4.74 Å². The second-order valence-corrected chi connectivity index (χ2v) is 9.06. The first-order valence-electron chi connectivity index (χ1n) is 11.9. The Morgan fingerprint density at radius 2 is 1.43 bits per heavy atom. The number of halogens is 10. The zero-order valence-corrected chi connectivity index (χ0v) is 20.5. The van der Waals surface area contributed by atoms with E-state index in [9.17, 15) is 43.9 Å². The zero-order chi connectivity index (χ0) is 29.4. The van der Waals surface area contributed by atoms with Crippen molar-refractivity contribution < 1.29 is 58.1 Å². The van der Waals surface area contributed by atoms with Crippen LogP contribution in [0.5, 0.6) is 5.75 Å². The van der Waals surface area contributed by atoms with Crippen LogP contribution in [0.15, 0.2) is 42.5 Å². The molecule has 1 fully saturated rings. The second kappa shape index (κ2) is 11.3. The number of ether oxygens (including phenoxy) is 3. The third-order valence-electron chi connectivity index (χ3n) is 6.17. The Kier molecular flexibility index (Phi) is 8.36. The van der Waals surface area contributed by atoms with Gasteiger partial charge in [-0.2, -0.15) is 22.0 Å². The van der Waals surface area contributed by atoms with Crippen LogP contribution in [-0.4, -0.2) is 13.2 Å². The number of hydrogen-bond acceptors (Lipinski definition) is 3. The van der Waals surface area contributed by atoms with Crippen LogP contribution in [-0.2, 0) is 21.8 Å². The van der Waals surface area contributed by atoms with Gasteiger partial charge < -0.3 is 14.2 Å². The van der Waals surface area contributed by atoms with E-state index in [-0.39, 0.29) is 31.3 Å². The van der Waals surface area contributed by atoms with Crippen LogP contribution in [0.25, 0.3) is 11.1 Å². The van der Waals surface area contributed by atoms with Crippen molar-refractivity contribution >= 4 is 0 Å². The van der Waals surface area contributed by atoms with Crippen LogP contribution in [0.1, 0.15) is 42.7 Å². The minimum atomic E-state index is -5.35. The highest BCUT2D eigenvalue weighted by atomic mass is 19.4. The molecule has 1 heterocycles. The summed E-state index contributed by atoms with van der Waals surface area (Å²) >= 11 is 0. The highest BCUT2D eigenvalue weighted by Gasteiger charge is 2.41. The molecule has 0 spiro atoms. The molecule has 0 saturated carbocycles. The smallest absolute Gasteiger partial charge is 0.429 e. The summed E-state index contributed by atoms with van der Waals surface area (Å²) in [6, 6.07) is 3.61. The van der Waals surface area contributed by atoms with E-state index in [1.54, 1.807) is 0 Å². The number of hydrogen-bond donors (Lipinski definition) is 0. The highest BCUT2D eigenvalue weighted by Crippen LogP contribution is 2.40. The molecule has 216 valence electrons. The molecule has 4 rings (SSSR count). The minimum absolute atomic E-state index is 0.0512. The molecular formula is C27H20F10O3. The number of alkyl halides is 5. The zero-order valence-electron chi connectivity index (χ0n) is 20.5. The molecule has 0 aliphatic carbocycles. The van der Waals surface area contributed by atoms with Crippen LogP contribution >= 0.6 is 0 Å². The maximum Gasteiger partial charge on any atom is 0.429 e. The topological polar surface area (TPSA) is 27.7 Å². The summed E-state index contributed by atoms with van der Waals surface area (Å²) in [5.41, 5.74) is -5.45. The van der Waals surface area contributed by atoms with E-state index in [0.717, 1.165) is 18.9 Å². The summed E-state index contributed by atoms with van der Waals surface area (Å²) < 4.78 is 155. The summed E-state index contributed by atoms with van der Waals surface area (Å²) in [6.07, 6.45) is -9.55. The molecule has 40 heavy (non-hydrogen) atoms. The fourth-order valence-corrected chi connectivity index (χ4v) is 4.26. The first-order chi connectivity index (χ1) is 18.7. The second-order valence-electron chi connectivity index (χ2n) is 9.06. The van der Waals surface area contributed by atoms with Gasteiger partial charge in [-0.15, -0.1) is 0 Å². The van der Waals surface area contributed by atoms with E-state index >= 15 is 0 Å². The minimum Gasteiger partial charge on any atom is -0.429 e. The van der Waals surface area contributed by atoms with E-state index < -0.39 is 81.2 Å². The van der Waals surface area contributed by atoms with Crippen LogP contribution in [0.3, 0.4) is 0 Å². The van der Waals surface area contributed by atoms with Crippen LogP contribution in [0.2, 0.25) is 0 Å². The lowest BCUT2D eigenvalue weighted by Gasteiger charge is -2.30. The van der Waals surface area contributed by atoms with Crippen molar-refractivity contribution in [2.24, 2.45) is 5.92 Å². The Bertz CT molecular complexity index is 1360. The van der Waals surface area contributed by atoms with Gasteiger partial charge in [-0.1, -0.05) is 19.4 Å². The largest absolute Gasteiger partial charge is 0.429 e. The molecule has 0 amide bonds. The van der Waals surface area contributed by atoms with Gasteiger partial charge in [-0.3, -0.25) is 0 Å². The molecule has 0 unspecified atom stereocenters. The van der Waals surface area contributed by atoms with Gasteiger partial charge >= 0.3 is 12.3 Å².